The van der Waals surface area contributed by atoms with Gasteiger partial charge in [0.05, 0.1) is 5.56 Å². The maximum Gasteiger partial charge on any atom is 0.257 e. The fourth-order valence-electron chi connectivity index (χ4n) is 4.44. The predicted molar refractivity (Wildman–Crippen MR) is 99.9 cm³/mol. The fraction of sp³-hybridized carbons (Fsp3) is 0.571. The third-order valence-electron chi connectivity index (χ3n) is 5.67. The molecule has 4 heteroatoms. The van der Waals surface area contributed by atoms with E-state index in [4.69, 9.17) is 4.42 Å². The van der Waals surface area contributed by atoms with Crippen LogP contribution >= 0.6 is 0 Å². The quantitative estimate of drug-likeness (QED) is 0.845. The fourth-order valence-corrected chi connectivity index (χ4v) is 4.44. The third kappa shape index (κ3) is 3.59. The lowest BCUT2D eigenvalue weighted by atomic mass is 9.95. The largest absolute Gasteiger partial charge is 0.461 e. The first-order valence-electron chi connectivity index (χ1n) is 9.71. The minimum atomic E-state index is 0.128. The van der Waals surface area contributed by atoms with Crippen LogP contribution in [0.5, 0.6) is 0 Å². The minimum Gasteiger partial charge on any atom is -0.461 e. The molecule has 0 N–H and O–H groups in total. The van der Waals surface area contributed by atoms with Crippen molar-refractivity contribution in [1.82, 2.24) is 9.80 Å². The Balaban J connectivity index is 1.47. The number of amides is 1. The summed E-state index contributed by atoms with van der Waals surface area (Å²) in [6.45, 7) is 7.29. The highest BCUT2D eigenvalue weighted by Crippen LogP contribution is 2.26. The lowest BCUT2D eigenvalue weighted by molar-refractivity contribution is 0.0631. The molecule has 1 aromatic carbocycles. The molecule has 0 bridgehead atoms. The number of para-hydroxylation sites is 1. The molecular formula is C21H28N2O2. The van der Waals surface area contributed by atoms with Crippen molar-refractivity contribution < 1.29 is 9.21 Å². The molecule has 2 aliphatic heterocycles. The van der Waals surface area contributed by atoms with Gasteiger partial charge in [-0.3, -0.25) is 4.79 Å². The van der Waals surface area contributed by atoms with Crippen LogP contribution in [0, 0.1) is 12.8 Å². The first-order valence-corrected chi connectivity index (χ1v) is 9.71. The van der Waals surface area contributed by atoms with E-state index in [-0.39, 0.29) is 5.91 Å². The van der Waals surface area contributed by atoms with Crippen LogP contribution in [-0.4, -0.2) is 48.4 Å². The van der Waals surface area contributed by atoms with Gasteiger partial charge in [0.25, 0.3) is 5.91 Å². The number of rotatable bonds is 3. The number of likely N-dealkylation sites (tertiary alicyclic amines) is 2. The lowest BCUT2D eigenvalue weighted by Crippen LogP contribution is -2.44. The first-order chi connectivity index (χ1) is 12.2. The van der Waals surface area contributed by atoms with Gasteiger partial charge in [0.1, 0.15) is 11.3 Å². The second-order valence-electron chi connectivity index (χ2n) is 7.70. The van der Waals surface area contributed by atoms with Gasteiger partial charge in [-0.2, -0.15) is 0 Å². The van der Waals surface area contributed by atoms with Crippen molar-refractivity contribution >= 4 is 16.9 Å². The highest BCUT2D eigenvalue weighted by molar-refractivity contribution is 6.05. The van der Waals surface area contributed by atoms with Gasteiger partial charge >= 0.3 is 0 Å². The predicted octanol–water partition coefficient (Wildman–Crippen LogP) is 4.08. The van der Waals surface area contributed by atoms with E-state index in [1.165, 1.54) is 38.8 Å². The highest BCUT2D eigenvalue weighted by atomic mass is 16.3. The van der Waals surface area contributed by atoms with Crippen molar-refractivity contribution in [3.8, 4) is 0 Å². The molecule has 134 valence electrons. The number of fused-ring (bicyclic) bond motifs is 1. The Bertz CT molecular complexity index is 745. The van der Waals surface area contributed by atoms with Crippen LogP contribution in [0.15, 0.2) is 28.7 Å². The molecule has 25 heavy (non-hydrogen) atoms. The maximum absolute atomic E-state index is 13.1. The summed E-state index contributed by atoms with van der Waals surface area (Å²) >= 11 is 0. The van der Waals surface area contributed by atoms with Crippen LogP contribution in [0.1, 0.15) is 48.2 Å². The molecule has 4 nitrogen and oxygen atoms in total. The zero-order valence-corrected chi connectivity index (χ0v) is 15.2. The number of carbonyl (C=O) groups excluding carboxylic acids is 1. The summed E-state index contributed by atoms with van der Waals surface area (Å²) in [6.07, 6.45) is 6.38. The standard InChI is InChI=1S/C21H28N2O2/c1-16-13-18-8-5-9-19(20(18)25-16)21(24)23-12-6-7-17(15-23)14-22-10-3-2-4-11-22/h5,8-9,13,17H,2-4,6-7,10-12,14-15H2,1H3/t17-/m0/s1. The second kappa shape index (κ2) is 7.20. The van der Waals surface area contributed by atoms with Gasteiger partial charge in [0.15, 0.2) is 0 Å². The van der Waals surface area contributed by atoms with E-state index in [1.807, 2.05) is 36.1 Å². The molecule has 0 unspecified atom stereocenters. The Labute approximate surface area is 149 Å². The maximum atomic E-state index is 13.1. The molecule has 4 rings (SSSR count). The molecular weight excluding hydrogens is 312 g/mol. The number of hydrogen-bond donors (Lipinski definition) is 0. The highest BCUT2D eigenvalue weighted by Gasteiger charge is 2.27. The normalized spacial score (nSPS) is 22.4. The first kappa shape index (κ1) is 16.6. The molecule has 0 spiro atoms. The number of piperidine rings is 2. The van der Waals surface area contributed by atoms with E-state index in [9.17, 15) is 4.79 Å². The van der Waals surface area contributed by atoms with E-state index < -0.39 is 0 Å². The van der Waals surface area contributed by atoms with Gasteiger partial charge in [0, 0.05) is 25.0 Å². The Morgan fingerprint density at radius 2 is 2.00 bits per heavy atom. The molecule has 1 amide bonds. The summed E-state index contributed by atoms with van der Waals surface area (Å²) in [4.78, 5) is 17.8. The summed E-state index contributed by atoms with van der Waals surface area (Å²) < 4.78 is 5.80. The Hall–Kier alpha value is -1.81. The SMILES string of the molecule is Cc1cc2cccc(C(=O)N3CCC[C@@H](CN4CCCCC4)C3)c2o1. The Morgan fingerprint density at radius 3 is 2.84 bits per heavy atom. The molecule has 3 heterocycles. The Kier molecular flexibility index (Phi) is 4.80. The van der Waals surface area contributed by atoms with Gasteiger partial charge < -0.3 is 14.2 Å². The van der Waals surface area contributed by atoms with Crippen molar-refractivity contribution in [2.45, 2.75) is 39.0 Å². The molecule has 2 saturated heterocycles. The van der Waals surface area contributed by atoms with Crippen LogP contribution < -0.4 is 0 Å². The summed E-state index contributed by atoms with van der Waals surface area (Å²) in [6, 6.07) is 7.88. The number of furan rings is 1. The zero-order chi connectivity index (χ0) is 17.2. The van der Waals surface area contributed by atoms with Crippen LogP contribution in [0.25, 0.3) is 11.0 Å². The van der Waals surface area contributed by atoms with Gasteiger partial charge in [-0.1, -0.05) is 18.6 Å². The average Bonchev–Trinajstić information content (AvgIpc) is 3.02. The topological polar surface area (TPSA) is 36.7 Å². The average molecular weight is 340 g/mol. The molecule has 1 aromatic heterocycles. The van der Waals surface area contributed by atoms with Crippen molar-refractivity contribution in [3.05, 3.63) is 35.6 Å². The van der Waals surface area contributed by atoms with Crippen molar-refractivity contribution in [3.63, 3.8) is 0 Å². The molecule has 2 aliphatic rings. The Morgan fingerprint density at radius 1 is 1.16 bits per heavy atom. The molecule has 2 aromatic rings. The third-order valence-corrected chi connectivity index (χ3v) is 5.67. The lowest BCUT2D eigenvalue weighted by Gasteiger charge is -2.36. The minimum absolute atomic E-state index is 0.128. The number of carbonyl (C=O) groups is 1. The van der Waals surface area contributed by atoms with Crippen molar-refractivity contribution in [2.75, 3.05) is 32.7 Å². The van der Waals surface area contributed by atoms with Gasteiger partial charge in [-0.05, 0) is 63.7 Å². The molecule has 1 atom stereocenters. The van der Waals surface area contributed by atoms with Crippen LogP contribution in [0.3, 0.4) is 0 Å². The van der Waals surface area contributed by atoms with Gasteiger partial charge in [0.2, 0.25) is 0 Å². The molecule has 2 fully saturated rings. The monoisotopic (exact) mass is 340 g/mol. The number of aryl methyl sites for hydroxylation is 1. The number of benzene rings is 1. The van der Waals surface area contributed by atoms with E-state index in [0.717, 1.165) is 42.8 Å². The zero-order valence-electron chi connectivity index (χ0n) is 15.2. The second-order valence-corrected chi connectivity index (χ2v) is 7.70. The van der Waals surface area contributed by atoms with Crippen LogP contribution in [0.2, 0.25) is 0 Å². The number of hydrogen-bond acceptors (Lipinski definition) is 3. The smallest absolute Gasteiger partial charge is 0.257 e. The molecule has 0 aliphatic carbocycles. The molecule has 0 radical (unpaired) electrons. The van der Waals surface area contributed by atoms with Crippen molar-refractivity contribution in [1.29, 1.82) is 0 Å². The van der Waals surface area contributed by atoms with Crippen LogP contribution in [-0.2, 0) is 0 Å². The van der Waals surface area contributed by atoms with E-state index >= 15 is 0 Å². The van der Waals surface area contributed by atoms with E-state index in [1.54, 1.807) is 0 Å². The summed E-state index contributed by atoms with van der Waals surface area (Å²) in [7, 11) is 0. The van der Waals surface area contributed by atoms with E-state index in [2.05, 4.69) is 4.90 Å². The summed E-state index contributed by atoms with van der Waals surface area (Å²) in [5.41, 5.74) is 1.45. The van der Waals surface area contributed by atoms with Gasteiger partial charge in [-0.15, -0.1) is 0 Å². The van der Waals surface area contributed by atoms with E-state index in [0.29, 0.717) is 11.5 Å². The van der Waals surface area contributed by atoms with Gasteiger partial charge in [-0.25, -0.2) is 0 Å². The summed E-state index contributed by atoms with van der Waals surface area (Å²) in [5.74, 6) is 1.59. The number of nitrogens with zero attached hydrogens (tertiary/aromatic N) is 2. The van der Waals surface area contributed by atoms with Crippen LogP contribution in [0.4, 0.5) is 0 Å². The molecule has 0 saturated carbocycles. The van der Waals surface area contributed by atoms with Crippen molar-refractivity contribution in [2.24, 2.45) is 5.92 Å². The summed E-state index contributed by atoms with van der Waals surface area (Å²) in [5, 5.41) is 1.02.